The molecule has 2 N–H and O–H groups in total. The molecule has 0 saturated carbocycles. The number of amides is 3. The highest BCUT2D eigenvalue weighted by Crippen LogP contribution is 2.32. The molecule has 1 aromatic heterocycles. The lowest BCUT2D eigenvalue weighted by Crippen LogP contribution is -2.48. The smallest absolute Gasteiger partial charge is 0.275 e. The van der Waals surface area contributed by atoms with Crippen molar-refractivity contribution < 1.29 is 18.8 Å². The number of likely N-dealkylation sites (tertiary alicyclic amines) is 1. The fraction of sp³-hybridized carbons (Fsp3) is 0.308. The molecule has 1 fully saturated rings. The molecule has 3 aromatic rings. The molecule has 0 spiro atoms. The van der Waals surface area contributed by atoms with Crippen LogP contribution in [-0.4, -0.2) is 46.7 Å². The van der Waals surface area contributed by atoms with Crippen molar-refractivity contribution in [3.63, 3.8) is 0 Å². The summed E-state index contributed by atoms with van der Waals surface area (Å²) in [6.07, 6.45) is 1.50. The summed E-state index contributed by atoms with van der Waals surface area (Å²) in [7, 11) is 0. The summed E-state index contributed by atoms with van der Waals surface area (Å²) in [5.41, 5.74) is 2.56. The number of aromatic nitrogens is 1. The normalized spacial score (nSPS) is 14.9. The summed E-state index contributed by atoms with van der Waals surface area (Å²) in [4.78, 5) is 43.0. The molecule has 1 aliphatic heterocycles. The van der Waals surface area contributed by atoms with Crippen molar-refractivity contribution in [2.45, 2.75) is 38.6 Å². The van der Waals surface area contributed by atoms with Gasteiger partial charge in [0.05, 0.1) is 5.01 Å². The van der Waals surface area contributed by atoms with Crippen LogP contribution >= 0.6 is 11.3 Å². The highest BCUT2D eigenvalue weighted by Gasteiger charge is 2.28. The number of carbonyl (C=O) groups is 3. The fourth-order valence-corrected chi connectivity index (χ4v) is 5.20. The van der Waals surface area contributed by atoms with Crippen LogP contribution in [0.1, 0.15) is 48.1 Å². The van der Waals surface area contributed by atoms with E-state index < -0.39 is 6.04 Å². The molecule has 2 aromatic carbocycles. The zero-order chi connectivity index (χ0) is 24.9. The van der Waals surface area contributed by atoms with Crippen molar-refractivity contribution in [2.75, 3.05) is 18.4 Å². The second-order valence-electron chi connectivity index (χ2n) is 8.60. The Balaban J connectivity index is 1.39. The van der Waals surface area contributed by atoms with Gasteiger partial charge in [-0.15, -0.1) is 11.3 Å². The predicted octanol–water partition coefficient (Wildman–Crippen LogP) is 4.43. The summed E-state index contributed by atoms with van der Waals surface area (Å²) >= 11 is 1.45. The third-order valence-electron chi connectivity index (χ3n) is 6.03. The number of nitrogens with zero attached hydrogens (tertiary/aromatic N) is 2. The zero-order valence-corrected chi connectivity index (χ0v) is 20.4. The molecule has 0 bridgehead atoms. The number of para-hydroxylation sites is 1. The van der Waals surface area contributed by atoms with Crippen LogP contribution in [0.25, 0.3) is 11.1 Å². The van der Waals surface area contributed by atoms with Crippen LogP contribution in [0.4, 0.5) is 10.1 Å². The van der Waals surface area contributed by atoms with Crippen LogP contribution in [-0.2, 0) is 9.59 Å². The number of thiazole rings is 1. The molecule has 2 heterocycles. The lowest BCUT2D eigenvalue weighted by molar-refractivity contribution is -0.136. The molecule has 9 heteroatoms. The topological polar surface area (TPSA) is 91.4 Å². The standard InChI is InChI=1S/C26H27FN4O3S/c1-16(28-17(2)32)26(34)31-13-11-19(12-14-31)25-30-23(15-35-25)24(33)29-22-6-4-3-5-21(22)18-7-9-20(27)10-8-18/h3-10,15-16,19H,11-14H2,1-2H3,(H,28,32)(H,29,33)/t16-/m0/s1. The summed E-state index contributed by atoms with van der Waals surface area (Å²) in [6, 6.07) is 13.0. The Kier molecular flexibility index (Phi) is 7.55. The van der Waals surface area contributed by atoms with Crippen LogP contribution in [0.5, 0.6) is 0 Å². The molecule has 0 unspecified atom stereocenters. The van der Waals surface area contributed by atoms with E-state index in [4.69, 9.17) is 0 Å². The minimum Gasteiger partial charge on any atom is -0.345 e. The van der Waals surface area contributed by atoms with Gasteiger partial charge < -0.3 is 15.5 Å². The highest BCUT2D eigenvalue weighted by atomic mass is 32.1. The number of rotatable bonds is 6. The average Bonchev–Trinajstić information content (AvgIpc) is 3.35. The van der Waals surface area contributed by atoms with E-state index in [1.165, 1.54) is 30.4 Å². The number of piperidine rings is 1. The number of benzene rings is 2. The summed E-state index contributed by atoms with van der Waals surface area (Å²) in [5.74, 6) is -0.762. The molecule has 1 aliphatic rings. The third kappa shape index (κ3) is 5.92. The first-order chi connectivity index (χ1) is 16.8. The van der Waals surface area contributed by atoms with Gasteiger partial charge in [-0.1, -0.05) is 30.3 Å². The minimum absolute atomic E-state index is 0.0855. The SMILES string of the molecule is CC(=O)N[C@@H](C)C(=O)N1CCC(c2nc(C(=O)Nc3ccccc3-c3ccc(F)cc3)cs2)CC1. The summed E-state index contributed by atoms with van der Waals surface area (Å²) < 4.78 is 13.3. The van der Waals surface area contributed by atoms with E-state index in [9.17, 15) is 18.8 Å². The van der Waals surface area contributed by atoms with E-state index in [1.807, 2.05) is 18.2 Å². The molecule has 4 rings (SSSR count). The Hall–Kier alpha value is -3.59. The Morgan fingerprint density at radius 1 is 1.09 bits per heavy atom. The van der Waals surface area contributed by atoms with Crippen molar-refractivity contribution in [2.24, 2.45) is 0 Å². The van der Waals surface area contributed by atoms with E-state index in [2.05, 4.69) is 15.6 Å². The van der Waals surface area contributed by atoms with Crippen molar-refractivity contribution in [1.82, 2.24) is 15.2 Å². The lowest BCUT2D eigenvalue weighted by atomic mass is 9.97. The molecule has 0 aliphatic carbocycles. The van der Waals surface area contributed by atoms with Crippen LogP contribution in [0.15, 0.2) is 53.9 Å². The molecule has 3 amide bonds. The minimum atomic E-state index is -0.544. The van der Waals surface area contributed by atoms with E-state index in [1.54, 1.807) is 35.4 Å². The fourth-order valence-electron chi connectivity index (χ4n) is 4.23. The van der Waals surface area contributed by atoms with Crippen molar-refractivity contribution in [3.05, 3.63) is 70.4 Å². The van der Waals surface area contributed by atoms with Crippen molar-refractivity contribution in [1.29, 1.82) is 0 Å². The molecule has 182 valence electrons. The van der Waals surface area contributed by atoms with Gasteiger partial charge in [0.2, 0.25) is 11.8 Å². The Morgan fingerprint density at radius 2 is 1.77 bits per heavy atom. The first kappa shape index (κ1) is 24.5. The van der Waals surface area contributed by atoms with E-state index in [0.29, 0.717) is 24.5 Å². The van der Waals surface area contributed by atoms with Crippen LogP contribution < -0.4 is 10.6 Å². The maximum atomic E-state index is 13.3. The molecule has 1 atom stereocenters. The largest absolute Gasteiger partial charge is 0.345 e. The monoisotopic (exact) mass is 494 g/mol. The molecule has 35 heavy (non-hydrogen) atoms. The summed E-state index contributed by atoms with van der Waals surface area (Å²) in [6.45, 7) is 4.25. The van der Waals surface area contributed by atoms with E-state index >= 15 is 0 Å². The second-order valence-corrected chi connectivity index (χ2v) is 9.49. The second kappa shape index (κ2) is 10.8. The maximum Gasteiger partial charge on any atom is 0.275 e. The molecule has 7 nitrogen and oxygen atoms in total. The van der Waals surface area contributed by atoms with Gasteiger partial charge in [-0.25, -0.2) is 9.37 Å². The third-order valence-corrected chi connectivity index (χ3v) is 7.04. The molecule has 0 radical (unpaired) electrons. The predicted molar refractivity (Wildman–Crippen MR) is 134 cm³/mol. The Bertz CT molecular complexity index is 1220. The molecule has 1 saturated heterocycles. The van der Waals surface area contributed by atoms with Crippen molar-refractivity contribution in [3.8, 4) is 11.1 Å². The summed E-state index contributed by atoms with van der Waals surface area (Å²) in [5, 5.41) is 8.19. The number of nitrogens with one attached hydrogen (secondary N) is 2. The van der Waals surface area contributed by atoms with Gasteiger partial charge in [-0.3, -0.25) is 14.4 Å². The lowest BCUT2D eigenvalue weighted by Gasteiger charge is -2.32. The Labute approximate surface area is 207 Å². The Morgan fingerprint density at radius 3 is 2.46 bits per heavy atom. The number of carbonyl (C=O) groups excluding carboxylic acids is 3. The highest BCUT2D eigenvalue weighted by molar-refractivity contribution is 7.10. The molecular formula is C26H27FN4O3S. The molecular weight excluding hydrogens is 467 g/mol. The number of halogens is 1. The van der Waals surface area contributed by atoms with E-state index in [-0.39, 0.29) is 29.5 Å². The van der Waals surface area contributed by atoms with Gasteiger partial charge in [0.1, 0.15) is 17.6 Å². The van der Waals surface area contributed by atoms with E-state index in [0.717, 1.165) is 29.0 Å². The maximum absolute atomic E-state index is 13.3. The number of hydrogen-bond acceptors (Lipinski definition) is 5. The van der Waals surface area contributed by atoms with Gasteiger partial charge in [0, 0.05) is 42.6 Å². The zero-order valence-electron chi connectivity index (χ0n) is 19.6. The van der Waals surface area contributed by atoms with Crippen LogP contribution in [0.2, 0.25) is 0 Å². The quantitative estimate of drug-likeness (QED) is 0.530. The first-order valence-electron chi connectivity index (χ1n) is 11.5. The van der Waals surface area contributed by atoms with Gasteiger partial charge >= 0.3 is 0 Å². The van der Waals surface area contributed by atoms with Gasteiger partial charge in [-0.2, -0.15) is 0 Å². The van der Waals surface area contributed by atoms with Gasteiger partial charge in [0.25, 0.3) is 5.91 Å². The number of hydrogen-bond donors (Lipinski definition) is 2. The van der Waals surface area contributed by atoms with Crippen molar-refractivity contribution >= 4 is 34.7 Å². The van der Waals surface area contributed by atoms with Crippen LogP contribution in [0, 0.1) is 5.82 Å². The van der Waals surface area contributed by atoms with Crippen LogP contribution in [0.3, 0.4) is 0 Å². The number of anilines is 1. The average molecular weight is 495 g/mol. The van der Waals surface area contributed by atoms with Gasteiger partial charge in [0.15, 0.2) is 0 Å². The van der Waals surface area contributed by atoms with Gasteiger partial charge in [-0.05, 0) is 43.5 Å². The first-order valence-corrected chi connectivity index (χ1v) is 12.4.